The molecule has 88 valence electrons. The molecule has 16 heavy (non-hydrogen) atoms. The van der Waals surface area contributed by atoms with E-state index < -0.39 is 0 Å². The van der Waals surface area contributed by atoms with Crippen LogP contribution in [-0.2, 0) is 6.42 Å². The van der Waals surface area contributed by atoms with E-state index in [2.05, 4.69) is 36.5 Å². The molecule has 2 unspecified atom stereocenters. The molecule has 0 saturated heterocycles. The fraction of sp³-hybridized carbons (Fsp3) is 0.571. The van der Waals surface area contributed by atoms with Gasteiger partial charge in [0, 0.05) is 18.6 Å². The molecule has 0 fully saturated rings. The lowest BCUT2D eigenvalue weighted by molar-refractivity contribution is 0.174. The first-order valence-corrected chi connectivity index (χ1v) is 6.28. The zero-order valence-electron chi connectivity index (χ0n) is 9.95. The van der Waals surface area contributed by atoms with E-state index in [4.69, 9.17) is 0 Å². The first-order valence-electron chi connectivity index (χ1n) is 6.28. The zero-order valence-corrected chi connectivity index (χ0v) is 9.95. The SMILES string of the molecule is CCCNC1c2ccccc2CCC1CO. The Morgan fingerprint density at radius 3 is 2.94 bits per heavy atom. The van der Waals surface area contributed by atoms with Crippen LogP contribution in [0.5, 0.6) is 0 Å². The molecule has 2 rings (SSSR count). The fourth-order valence-corrected chi connectivity index (χ4v) is 2.60. The molecule has 0 bridgehead atoms. The maximum absolute atomic E-state index is 9.45. The van der Waals surface area contributed by atoms with Gasteiger partial charge in [-0.25, -0.2) is 0 Å². The Morgan fingerprint density at radius 1 is 1.38 bits per heavy atom. The lowest BCUT2D eigenvalue weighted by atomic mass is 9.80. The molecule has 2 N–H and O–H groups in total. The minimum Gasteiger partial charge on any atom is -0.396 e. The summed E-state index contributed by atoms with van der Waals surface area (Å²) in [4.78, 5) is 0. The van der Waals surface area contributed by atoms with E-state index in [1.54, 1.807) is 0 Å². The summed E-state index contributed by atoms with van der Waals surface area (Å²) < 4.78 is 0. The van der Waals surface area contributed by atoms with Gasteiger partial charge in [-0.2, -0.15) is 0 Å². The summed E-state index contributed by atoms with van der Waals surface area (Å²) in [6, 6.07) is 8.96. The van der Waals surface area contributed by atoms with Crippen LogP contribution in [0.15, 0.2) is 24.3 Å². The van der Waals surface area contributed by atoms with Gasteiger partial charge in [-0.3, -0.25) is 0 Å². The minimum atomic E-state index is 0.287. The third-order valence-electron chi connectivity index (χ3n) is 3.49. The van der Waals surface area contributed by atoms with E-state index in [1.807, 2.05) is 0 Å². The summed E-state index contributed by atoms with van der Waals surface area (Å²) in [6.45, 7) is 3.49. The van der Waals surface area contributed by atoms with Gasteiger partial charge in [0.15, 0.2) is 0 Å². The van der Waals surface area contributed by atoms with E-state index in [1.165, 1.54) is 11.1 Å². The van der Waals surface area contributed by atoms with Crippen molar-refractivity contribution in [2.45, 2.75) is 32.2 Å². The van der Waals surface area contributed by atoms with Gasteiger partial charge in [0.05, 0.1) is 0 Å². The van der Waals surface area contributed by atoms with Crippen LogP contribution < -0.4 is 5.32 Å². The molecule has 0 spiro atoms. The van der Waals surface area contributed by atoms with Crippen molar-refractivity contribution in [3.05, 3.63) is 35.4 Å². The summed E-state index contributed by atoms with van der Waals surface area (Å²) in [5, 5.41) is 13.0. The number of rotatable bonds is 4. The first-order chi connectivity index (χ1) is 7.86. The average molecular weight is 219 g/mol. The Balaban J connectivity index is 2.22. The molecule has 0 aliphatic heterocycles. The molecular weight excluding hydrogens is 198 g/mol. The van der Waals surface area contributed by atoms with Crippen LogP contribution in [0.3, 0.4) is 0 Å². The number of fused-ring (bicyclic) bond motifs is 1. The second-order valence-electron chi connectivity index (χ2n) is 4.61. The molecular formula is C14H21NO. The molecule has 2 nitrogen and oxygen atoms in total. The lowest BCUT2D eigenvalue weighted by Gasteiger charge is -2.33. The summed E-state index contributed by atoms with van der Waals surface area (Å²) in [5.41, 5.74) is 2.84. The van der Waals surface area contributed by atoms with Crippen molar-refractivity contribution in [2.75, 3.05) is 13.2 Å². The van der Waals surface area contributed by atoms with Crippen molar-refractivity contribution in [1.82, 2.24) is 5.32 Å². The van der Waals surface area contributed by atoms with E-state index >= 15 is 0 Å². The quantitative estimate of drug-likeness (QED) is 0.814. The zero-order chi connectivity index (χ0) is 11.4. The Hall–Kier alpha value is -0.860. The topological polar surface area (TPSA) is 32.3 Å². The Bertz CT molecular complexity index is 337. The maximum atomic E-state index is 9.45. The number of hydrogen-bond acceptors (Lipinski definition) is 2. The molecule has 0 amide bonds. The predicted molar refractivity (Wildman–Crippen MR) is 66.4 cm³/mol. The van der Waals surface area contributed by atoms with Crippen molar-refractivity contribution >= 4 is 0 Å². The van der Waals surface area contributed by atoms with Gasteiger partial charge in [0.2, 0.25) is 0 Å². The number of benzene rings is 1. The van der Waals surface area contributed by atoms with Crippen molar-refractivity contribution < 1.29 is 5.11 Å². The minimum absolute atomic E-state index is 0.287. The van der Waals surface area contributed by atoms with Crippen LogP contribution in [-0.4, -0.2) is 18.3 Å². The number of aliphatic hydroxyl groups excluding tert-OH is 1. The summed E-state index contributed by atoms with van der Waals surface area (Å²) in [6.07, 6.45) is 3.33. The highest BCUT2D eigenvalue weighted by Crippen LogP contribution is 2.33. The third-order valence-corrected chi connectivity index (χ3v) is 3.49. The Kier molecular flexibility index (Phi) is 3.97. The van der Waals surface area contributed by atoms with Gasteiger partial charge in [-0.05, 0) is 36.9 Å². The molecule has 2 atom stereocenters. The molecule has 0 aromatic heterocycles. The summed E-state index contributed by atoms with van der Waals surface area (Å²) >= 11 is 0. The van der Waals surface area contributed by atoms with E-state index in [9.17, 15) is 5.11 Å². The monoisotopic (exact) mass is 219 g/mol. The Labute approximate surface area is 97.7 Å². The number of aryl methyl sites for hydroxylation is 1. The Morgan fingerprint density at radius 2 is 2.19 bits per heavy atom. The normalized spacial score (nSPS) is 24.1. The van der Waals surface area contributed by atoms with E-state index in [0.717, 1.165) is 25.8 Å². The molecule has 0 radical (unpaired) electrons. The van der Waals surface area contributed by atoms with E-state index in [0.29, 0.717) is 12.0 Å². The second kappa shape index (κ2) is 5.46. The van der Waals surface area contributed by atoms with Gasteiger partial charge in [-0.1, -0.05) is 31.2 Å². The molecule has 2 heteroatoms. The fourth-order valence-electron chi connectivity index (χ4n) is 2.60. The van der Waals surface area contributed by atoms with Crippen LogP contribution in [0, 0.1) is 5.92 Å². The van der Waals surface area contributed by atoms with Crippen LogP contribution in [0.2, 0.25) is 0 Å². The highest BCUT2D eigenvalue weighted by atomic mass is 16.3. The molecule has 0 saturated carbocycles. The average Bonchev–Trinajstić information content (AvgIpc) is 2.35. The third kappa shape index (κ3) is 2.28. The van der Waals surface area contributed by atoms with Crippen molar-refractivity contribution in [1.29, 1.82) is 0 Å². The van der Waals surface area contributed by atoms with Crippen molar-refractivity contribution in [3.8, 4) is 0 Å². The number of nitrogens with one attached hydrogen (secondary N) is 1. The van der Waals surface area contributed by atoms with Crippen LogP contribution in [0.1, 0.15) is 36.9 Å². The van der Waals surface area contributed by atoms with Crippen LogP contribution >= 0.6 is 0 Å². The number of aliphatic hydroxyl groups is 1. The largest absolute Gasteiger partial charge is 0.396 e. The van der Waals surface area contributed by atoms with Gasteiger partial charge >= 0.3 is 0 Å². The number of hydrogen-bond donors (Lipinski definition) is 2. The van der Waals surface area contributed by atoms with Gasteiger partial charge in [-0.15, -0.1) is 0 Å². The molecule has 1 aliphatic rings. The van der Waals surface area contributed by atoms with Gasteiger partial charge < -0.3 is 10.4 Å². The molecule has 1 aromatic carbocycles. The van der Waals surface area contributed by atoms with Gasteiger partial charge in [0.1, 0.15) is 0 Å². The second-order valence-corrected chi connectivity index (χ2v) is 4.61. The van der Waals surface area contributed by atoms with Gasteiger partial charge in [0.25, 0.3) is 0 Å². The highest BCUT2D eigenvalue weighted by molar-refractivity contribution is 5.33. The van der Waals surface area contributed by atoms with Crippen LogP contribution in [0.25, 0.3) is 0 Å². The summed E-state index contributed by atoms with van der Waals surface area (Å²) in [5.74, 6) is 0.376. The summed E-state index contributed by atoms with van der Waals surface area (Å²) in [7, 11) is 0. The molecule has 0 heterocycles. The highest BCUT2D eigenvalue weighted by Gasteiger charge is 2.27. The standard InChI is InChI=1S/C14H21NO/c1-2-9-15-14-12(10-16)8-7-11-5-3-4-6-13(11)14/h3-6,12,14-16H,2,7-10H2,1H3. The molecule has 1 aliphatic carbocycles. The predicted octanol–water partition coefficient (Wildman–Crippen LogP) is 2.28. The maximum Gasteiger partial charge on any atom is 0.0477 e. The van der Waals surface area contributed by atoms with Crippen molar-refractivity contribution in [3.63, 3.8) is 0 Å². The van der Waals surface area contributed by atoms with Crippen molar-refractivity contribution in [2.24, 2.45) is 5.92 Å². The smallest absolute Gasteiger partial charge is 0.0477 e. The first kappa shape index (κ1) is 11.6. The molecule has 1 aromatic rings. The van der Waals surface area contributed by atoms with Crippen LogP contribution in [0.4, 0.5) is 0 Å². The lowest BCUT2D eigenvalue weighted by Crippen LogP contribution is -2.34. The van der Waals surface area contributed by atoms with E-state index in [-0.39, 0.29) is 6.61 Å².